The van der Waals surface area contributed by atoms with Crippen LogP contribution in [-0.4, -0.2) is 5.78 Å². The zero-order valence-electron chi connectivity index (χ0n) is 13.0. The molecule has 0 aliphatic carbocycles. The molecule has 24 heavy (non-hydrogen) atoms. The van der Waals surface area contributed by atoms with Crippen LogP contribution in [0.2, 0.25) is 0 Å². The highest BCUT2D eigenvalue weighted by Gasteiger charge is 2.28. The Hall–Kier alpha value is -2.46. The van der Waals surface area contributed by atoms with Crippen molar-refractivity contribution in [1.29, 1.82) is 0 Å². The van der Waals surface area contributed by atoms with Crippen molar-refractivity contribution in [3.8, 4) is 0 Å². The summed E-state index contributed by atoms with van der Waals surface area (Å²) in [5.41, 5.74) is 0.639. The minimum atomic E-state index is -0.497. The zero-order chi connectivity index (χ0) is 17.1. The summed E-state index contributed by atoms with van der Waals surface area (Å²) < 4.78 is 26.5. The average Bonchev–Trinajstić information content (AvgIpc) is 2.59. The predicted octanol–water partition coefficient (Wildman–Crippen LogP) is 5.26. The summed E-state index contributed by atoms with van der Waals surface area (Å²) in [6.07, 6.45) is 0. The molecule has 0 aliphatic rings. The lowest BCUT2D eigenvalue weighted by molar-refractivity contribution is 0.101. The molecule has 0 atom stereocenters. The van der Waals surface area contributed by atoms with E-state index in [2.05, 4.69) is 0 Å². The van der Waals surface area contributed by atoms with E-state index in [1.165, 1.54) is 31.2 Å². The summed E-state index contributed by atoms with van der Waals surface area (Å²) in [6, 6.07) is 20.0. The van der Waals surface area contributed by atoms with Crippen molar-refractivity contribution in [1.82, 2.24) is 0 Å². The molecule has 0 N–H and O–H groups in total. The first-order valence-corrected chi connectivity index (χ1v) is 8.63. The summed E-state index contributed by atoms with van der Waals surface area (Å²) >= 11 is 0. The lowest BCUT2D eigenvalue weighted by atomic mass is 10.2. The second-order valence-electron chi connectivity index (χ2n) is 5.29. The van der Waals surface area contributed by atoms with Crippen LogP contribution >= 0.6 is 0 Å². The second kappa shape index (κ2) is 6.97. The van der Waals surface area contributed by atoms with Crippen molar-refractivity contribution in [3.05, 3.63) is 90.0 Å². The maximum absolute atomic E-state index is 13.3. The molecule has 0 saturated carbocycles. The Labute approximate surface area is 142 Å². The first-order chi connectivity index (χ1) is 11.5. The van der Waals surface area contributed by atoms with E-state index in [1.54, 1.807) is 36.4 Å². The quantitative estimate of drug-likeness (QED) is 0.467. The van der Waals surface area contributed by atoms with Crippen LogP contribution < -0.4 is 0 Å². The SMILES string of the molecule is CC(=O)c1ccc([S+](c2ccc(F)cc2)c2ccc(F)cc2)cc1. The van der Waals surface area contributed by atoms with E-state index in [0.29, 0.717) is 5.56 Å². The molecule has 3 aromatic carbocycles. The summed E-state index contributed by atoms with van der Waals surface area (Å²) in [4.78, 5) is 14.3. The fraction of sp³-hybridized carbons (Fsp3) is 0.0500. The van der Waals surface area contributed by atoms with Crippen LogP contribution in [0.25, 0.3) is 0 Å². The molecular formula is C20H15F2OS+. The van der Waals surface area contributed by atoms with Gasteiger partial charge in [-0.15, -0.1) is 0 Å². The molecule has 0 aromatic heterocycles. The van der Waals surface area contributed by atoms with Crippen LogP contribution in [0.1, 0.15) is 17.3 Å². The van der Waals surface area contributed by atoms with Crippen LogP contribution in [-0.2, 0) is 10.9 Å². The van der Waals surface area contributed by atoms with E-state index in [0.717, 1.165) is 14.7 Å². The number of rotatable bonds is 4. The third-order valence-electron chi connectivity index (χ3n) is 3.60. The highest BCUT2D eigenvalue weighted by Crippen LogP contribution is 2.31. The topological polar surface area (TPSA) is 17.1 Å². The van der Waals surface area contributed by atoms with Gasteiger partial charge in [0.05, 0.1) is 10.9 Å². The maximum atomic E-state index is 13.3. The van der Waals surface area contributed by atoms with E-state index in [-0.39, 0.29) is 17.4 Å². The number of hydrogen-bond donors (Lipinski definition) is 0. The van der Waals surface area contributed by atoms with Crippen molar-refractivity contribution in [2.45, 2.75) is 21.6 Å². The van der Waals surface area contributed by atoms with Crippen molar-refractivity contribution in [3.63, 3.8) is 0 Å². The molecule has 1 nitrogen and oxygen atoms in total. The molecule has 120 valence electrons. The van der Waals surface area contributed by atoms with Crippen LogP contribution in [0.5, 0.6) is 0 Å². The van der Waals surface area contributed by atoms with Gasteiger partial charge < -0.3 is 0 Å². The third kappa shape index (κ3) is 3.54. The first-order valence-electron chi connectivity index (χ1n) is 7.41. The van der Waals surface area contributed by atoms with Crippen molar-refractivity contribution < 1.29 is 13.6 Å². The average molecular weight is 341 g/mol. The lowest BCUT2D eigenvalue weighted by Gasteiger charge is -2.08. The molecule has 0 heterocycles. The van der Waals surface area contributed by atoms with Gasteiger partial charge in [-0.05, 0) is 79.7 Å². The maximum Gasteiger partial charge on any atom is 0.166 e. The molecule has 0 bridgehead atoms. The molecule has 0 unspecified atom stereocenters. The van der Waals surface area contributed by atoms with Crippen LogP contribution in [0, 0.1) is 11.6 Å². The number of carbonyl (C=O) groups excluding carboxylic acids is 1. The number of Topliss-reactive ketones (excluding diaryl/α,β-unsaturated/α-hetero) is 1. The Morgan fingerprint density at radius 3 is 1.33 bits per heavy atom. The highest BCUT2D eigenvalue weighted by molar-refractivity contribution is 7.97. The first kappa shape index (κ1) is 16.4. The van der Waals surface area contributed by atoms with Gasteiger partial charge in [-0.2, -0.15) is 0 Å². The van der Waals surface area contributed by atoms with E-state index in [9.17, 15) is 13.6 Å². The molecule has 0 amide bonds. The Kier molecular flexibility index (Phi) is 4.76. The molecule has 0 spiro atoms. The van der Waals surface area contributed by atoms with Gasteiger partial charge in [0.25, 0.3) is 0 Å². The Balaban J connectivity index is 2.08. The minimum Gasteiger partial charge on any atom is -0.295 e. The monoisotopic (exact) mass is 341 g/mol. The van der Waals surface area contributed by atoms with Crippen molar-refractivity contribution in [2.24, 2.45) is 0 Å². The standard InChI is InChI=1S/C20H15F2OS/c1-14(23)15-2-8-18(9-3-15)24(19-10-4-16(21)5-11-19)20-12-6-17(22)7-13-20/h2-13H,1H3/q+1. The Bertz CT molecular complexity index is 795. The van der Waals surface area contributed by atoms with Crippen LogP contribution in [0.4, 0.5) is 8.78 Å². The molecule has 0 saturated heterocycles. The summed E-state index contributed by atoms with van der Waals surface area (Å²) in [6.45, 7) is 1.52. The molecular weight excluding hydrogens is 326 g/mol. The number of ketones is 1. The fourth-order valence-electron chi connectivity index (χ4n) is 2.38. The van der Waals surface area contributed by atoms with Gasteiger partial charge in [-0.3, -0.25) is 4.79 Å². The van der Waals surface area contributed by atoms with E-state index < -0.39 is 10.9 Å². The fourth-order valence-corrected chi connectivity index (χ4v) is 4.42. The Morgan fingerprint density at radius 1 is 0.667 bits per heavy atom. The normalized spacial score (nSPS) is 10.8. The summed E-state index contributed by atoms with van der Waals surface area (Å²) in [5, 5.41) is 0. The van der Waals surface area contributed by atoms with E-state index in [4.69, 9.17) is 0 Å². The zero-order valence-corrected chi connectivity index (χ0v) is 13.8. The molecule has 4 heteroatoms. The molecule has 0 aliphatic heterocycles. The number of carbonyl (C=O) groups is 1. The lowest BCUT2D eigenvalue weighted by Crippen LogP contribution is -2.05. The van der Waals surface area contributed by atoms with Gasteiger partial charge >= 0.3 is 0 Å². The minimum absolute atomic E-state index is 0.00463. The van der Waals surface area contributed by atoms with Gasteiger partial charge in [0.15, 0.2) is 20.5 Å². The van der Waals surface area contributed by atoms with E-state index >= 15 is 0 Å². The molecule has 3 rings (SSSR count). The number of hydrogen-bond acceptors (Lipinski definition) is 1. The van der Waals surface area contributed by atoms with Gasteiger partial charge in [0.2, 0.25) is 0 Å². The molecule has 0 fully saturated rings. The van der Waals surface area contributed by atoms with Gasteiger partial charge in [-0.25, -0.2) is 8.78 Å². The van der Waals surface area contributed by atoms with Gasteiger partial charge in [0.1, 0.15) is 11.6 Å². The van der Waals surface area contributed by atoms with Crippen molar-refractivity contribution >= 4 is 16.7 Å². The van der Waals surface area contributed by atoms with Crippen molar-refractivity contribution in [2.75, 3.05) is 0 Å². The largest absolute Gasteiger partial charge is 0.295 e. The summed E-state index contributed by atoms with van der Waals surface area (Å²) in [7, 11) is -0.497. The van der Waals surface area contributed by atoms with Gasteiger partial charge in [0, 0.05) is 5.56 Å². The molecule has 3 aromatic rings. The van der Waals surface area contributed by atoms with Crippen LogP contribution in [0.15, 0.2) is 87.5 Å². The van der Waals surface area contributed by atoms with E-state index in [1.807, 2.05) is 12.1 Å². The second-order valence-corrected chi connectivity index (χ2v) is 7.32. The Morgan fingerprint density at radius 2 is 1.00 bits per heavy atom. The number of halogens is 2. The van der Waals surface area contributed by atoms with Crippen LogP contribution in [0.3, 0.4) is 0 Å². The number of benzene rings is 3. The van der Waals surface area contributed by atoms with Gasteiger partial charge in [-0.1, -0.05) is 0 Å². The summed E-state index contributed by atoms with van der Waals surface area (Å²) in [5.74, 6) is -0.591. The smallest absolute Gasteiger partial charge is 0.166 e. The molecule has 0 radical (unpaired) electrons. The predicted molar refractivity (Wildman–Crippen MR) is 91.4 cm³/mol. The highest BCUT2D eigenvalue weighted by atomic mass is 32.2. The third-order valence-corrected chi connectivity index (χ3v) is 5.83.